The van der Waals surface area contributed by atoms with Gasteiger partial charge in [-0.15, -0.1) is 35.3 Å². The maximum Gasteiger partial charge on any atom is 0.261 e. The molecule has 1 aromatic heterocycles. The van der Waals surface area contributed by atoms with E-state index in [1.54, 1.807) is 42.6 Å². The van der Waals surface area contributed by atoms with Crippen LogP contribution in [-0.2, 0) is 6.54 Å². The Hall–Kier alpha value is -2.01. The van der Waals surface area contributed by atoms with Gasteiger partial charge in [-0.1, -0.05) is 12.1 Å². The zero-order valence-corrected chi connectivity index (χ0v) is 20.0. The Bertz CT molecular complexity index is 864. The first-order valence-corrected chi connectivity index (χ1v) is 10.2. The van der Waals surface area contributed by atoms with E-state index >= 15 is 0 Å². The molecule has 0 saturated heterocycles. The second kappa shape index (κ2) is 10.7. The third-order valence-corrected chi connectivity index (χ3v) is 5.43. The fraction of sp³-hybridized carbons (Fsp3) is 0.400. The first kappa shape index (κ1) is 23.3. The monoisotopic (exact) mass is 527 g/mol. The molecule has 0 spiro atoms. The highest BCUT2D eigenvalue weighted by atomic mass is 127. The Morgan fingerprint density at radius 1 is 1.21 bits per heavy atom. The number of halogens is 1. The lowest BCUT2D eigenvalue weighted by Crippen LogP contribution is -2.39. The van der Waals surface area contributed by atoms with E-state index in [0.717, 1.165) is 36.0 Å². The number of carbonyl (C=O) groups is 2. The maximum atomic E-state index is 12.3. The number of aryl methyl sites for hydroxylation is 1. The molecule has 3 rings (SSSR count). The van der Waals surface area contributed by atoms with Gasteiger partial charge in [-0.3, -0.25) is 19.5 Å². The minimum absolute atomic E-state index is 0. The summed E-state index contributed by atoms with van der Waals surface area (Å²) in [4.78, 5) is 36.9. The average molecular weight is 527 g/mol. The fourth-order valence-corrected chi connectivity index (χ4v) is 3.82. The van der Waals surface area contributed by atoms with Gasteiger partial charge >= 0.3 is 0 Å². The van der Waals surface area contributed by atoms with E-state index in [0.29, 0.717) is 24.2 Å². The average Bonchev–Trinajstić information content (AvgIpc) is 3.20. The summed E-state index contributed by atoms with van der Waals surface area (Å²) in [5, 5.41) is 6.44. The molecule has 0 atom stereocenters. The first-order valence-electron chi connectivity index (χ1n) is 9.29. The Morgan fingerprint density at radius 2 is 1.86 bits per heavy atom. The van der Waals surface area contributed by atoms with Crippen molar-refractivity contribution in [1.82, 2.24) is 20.1 Å². The van der Waals surface area contributed by atoms with Crippen molar-refractivity contribution >= 4 is 53.1 Å². The van der Waals surface area contributed by atoms with Crippen molar-refractivity contribution in [1.29, 1.82) is 0 Å². The van der Waals surface area contributed by atoms with Crippen LogP contribution in [0.4, 0.5) is 0 Å². The van der Waals surface area contributed by atoms with E-state index in [9.17, 15) is 9.59 Å². The molecule has 1 aliphatic rings. The first-order chi connectivity index (χ1) is 13.5. The molecule has 2 heterocycles. The number of imide groups is 1. The normalized spacial score (nSPS) is 13.3. The number of hydrogen-bond acceptors (Lipinski definition) is 5. The summed E-state index contributed by atoms with van der Waals surface area (Å²) in [7, 11) is 3.73. The van der Waals surface area contributed by atoms with Gasteiger partial charge in [-0.25, -0.2) is 4.98 Å². The van der Waals surface area contributed by atoms with Gasteiger partial charge in [0.05, 0.1) is 28.4 Å². The Balaban J connectivity index is 0.00000300. The molecular weight excluding hydrogens is 501 g/mol. The number of unbranched alkanes of at least 4 members (excludes halogenated alkanes) is 1. The number of benzene rings is 1. The molecule has 0 aliphatic carbocycles. The number of fused-ring (bicyclic) bond motifs is 1. The van der Waals surface area contributed by atoms with Crippen LogP contribution in [-0.4, -0.2) is 59.7 Å². The molecule has 156 valence electrons. The zero-order chi connectivity index (χ0) is 20.1. The molecule has 9 heteroatoms. The zero-order valence-electron chi connectivity index (χ0n) is 16.8. The number of guanidine groups is 1. The van der Waals surface area contributed by atoms with Gasteiger partial charge in [0.1, 0.15) is 0 Å². The van der Waals surface area contributed by atoms with Gasteiger partial charge in [0.2, 0.25) is 0 Å². The second-order valence-electron chi connectivity index (χ2n) is 6.70. The van der Waals surface area contributed by atoms with E-state index in [4.69, 9.17) is 0 Å². The second-order valence-corrected chi connectivity index (χ2v) is 7.76. The van der Waals surface area contributed by atoms with Crippen molar-refractivity contribution in [3.05, 3.63) is 51.5 Å². The molecule has 2 aromatic rings. The number of carbonyl (C=O) groups excluding carboxylic acids is 2. The van der Waals surface area contributed by atoms with Crippen molar-refractivity contribution < 1.29 is 9.59 Å². The highest BCUT2D eigenvalue weighted by Crippen LogP contribution is 2.22. The number of nitrogens with zero attached hydrogens (tertiary/aromatic N) is 4. The summed E-state index contributed by atoms with van der Waals surface area (Å²) < 4.78 is 0. The predicted octanol–water partition coefficient (Wildman–Crippen LogP) is 3.15. The highest BCUT2D eigenvalue weighted by Gasteiger charge is 2.34. The lowest BCUT2D eigenvalue weighted by atomic mass is 10.1. The topological polar surface area (TPSA) is 77.9 Å². The number of rotatable bonds is 7. The standard InChI is InChI=1S/C20H25N5O2S.HI/c1-14-23-15(13-28-14)12-24(3)20(21-2)22-10-6-7-11-25-18(26)16-8-4-5-9-17(16)19(25)27;/h4-5,8-9,13H,6-7,10-12H2,1-3H3,(H,21,22);1H. The number of aromatic nitrogens is 1. The van der Waals surface area contributed by atoms with E-state index in [-0.39, 0.29) is 35.8 Å². The SMILES string of the molecule is CN=C(NCCCCN1C(=O)c2ccccc2C1=O)N(C)Cc1csc(C)n1.I. The summed E-state index contributed by atoms with van der Waals surface area (Å²) in [5.41, 5.74) is 2.04. The van der Waals surface area contributed by atoms with Crippen LogP contribution in [0.5, 0.6) is 0 Å². The van der Waals surface area contributed by atoms with Gasteiger partial charge < -0.3 is 10.2 Å². The van der Waals surface area contributed by atoms with Crippen LogP contribution in [0.2, 0.25) is 0 Å². The van der Waals surface area contributed by atoms with Crippen molar-refractivity contribution in [2.24, 2.45) is 4.99 Å². The summed E-state index contributed by atoms with van der Waals surface area (Å²) in [6.45, 7) is 3.84. The molecule has 0 bridgehead atoms. The summed E-state index contributed by atoms with van der Waals surface area (Å²) >= 11 is 1.64. The number of amides is 2. The number of thiazole rings is 1. The van der Waals surface area contributed by atoms with E-state index < -0.39 is 0 Å². The lowest BCUT2D eigenvalue weighted by Gasteiger charge is -2.21. The quantitative estimate of drug-likeness (QED) is 0.197. The van der Waals surface area contributed by atoms with E-state index in [1.807, 2.05) is 18.9 Å². The number of nitrogens with one attached hydrogen (secondary N) is 1. The van der Waals surface area contributed by atoms with Crippen molar-refractivity contribution in [2.75, 3.05) is 27.2 Å². The predicted molar refractivity (Wildman–Crippen MR) is 126 cm³/mol. The third-order valence-electron chi connectivity index (χ3n) is 4.61. The molecule has 2 amide bonds. The van der Waals surface area contributed by atoms with Crippen molar-refractivity contribution in [2.45, 2.75) is 26.3 Å². The molecule has 1 N–H and O–H groups in total. The van der Waals surface area contributed by atoms with Crippen LogP contribution in [0.15, 0.2) is 34.6 Å². The molecule has 1 aliphatic heterocycles. The summed E-state index contributed by atoms with van der Waals surface area (Å²) in [6.07, 6.45) is 1.57. The molecule has 0 unspecified atom stereocenters. The highest BCUT2D eigenvalue weighted by molar-refractivity contribution is 14.0. The molecular formula is C20H26IN5O2S. The van der Waals surface area contributed by atoms with Crippen LogP contribution in [0, 0.1) is 6.92 Å². The van der Waals surface area contributed by atoms with Crippen molar-refractivity contribution in [3.8, 4) is 0 Å². The van der Waals surface area contributed by atoms with Crippen LogP contribution in [0.3, 0.4) is 0 Å². The molecule has 29 heavy (non-hydrogen) atoms. The van der Waals surface area contributed by atoms with Gasteiger partial charge in [0.15, 0.2) is 5.96 Å². The molecule has 1 aromatic carbocycles. The largest absolute Gasteiger partial charge is 0.356 e. The molecule has 0 fully saturated rings. The van der Waals surface area contributed by atoms with Crippen LogP contribution < -0.4 is 5.32 Å². The Labute approximate surface area is 192 Å². The lowest BCUT2D eigenvalue weighted by molar-refractivity contribution is 0.0652. The molecule has 0 radical (unpaired) electrons. The van der Waals surface area contributed by atoms with Crippen molar-refractivity contribution in [3.63, 3.8) is 0 Å². The molecule has 0 saturated carbocycles. The van der Waals surface area contributed by atoms with E-state index in [1.165, 1.54) is 4.90 Å². The number of hydrogen-bond donors (Lipinski definition) is 1. The van der Waals surface area contributed by atoms with Crippen LogP contribution in [0.25, 0.3) is 0 Å². The van der Waals surface area contributed by atoms with Gasteiger partial charge in [-0.05, 0) is 31.9 Å². The van der Waals surface area contributed by atoms with E-state index in [2.05, 4.69) is 20.7 Å². The third kappa shape index (κ3) is 5.53. The van der Waals surface area contributed by atoms with Gasteiger partial charge in [0, 0.05) is 32.6 Å². The fourth-order valence-electron chi connectivity index (χ4n) is 3.22. The van der Waals surface area contributed by atoms with Gasteiger partial charge in [-0.2, -0.15) is 0 Å². The maximum absolute atomic E-state index is 12.3. The minimum Gasteiger partial charge on any atom is -0.356 e. The smallest absolute Gasteiger partial charge is 0.261 e. The summed E-state index contributed by atoms with van der Waals surface area (Å²) in [5.74, 6) is 0.414. The van der Waals surface area contributed by atoms with Crippen LogP contribution >= 0.6 is 35.3 Å². The Kier molecular flexibility index (Phi) is 8.57. The van der Waals surface area contributed by atoms with Gasteiger partial charge in [0.25, 0.3) is 11.8 Å². The molecule has 7 nitrogen and oxygen atoms in total. The summed E-state index contributed by atoms with van der Waals surface area (Å²) in [6, 6.07) is 6.99. The van der Waals surface area contributed by atoms with Crippen LogP contribution in [0.1, 0.15) is 44.3 Å². The minimum atomic E-state index is -0.192. The number of aliphatic imine (C=N–C) groups is 1. The Morgan fingerprint density at radius 3 is 2.41 bits per heavy atom.